The molecule has 1 amide bonds. The molecule has 2 atom stereocenters. The van der Waals surface area contributed by atoms with Gasteiger partial charge in [0.15, 0.2) is 0 Å². The highest BCUT2D eigenvalue weighted by Crippen LogP contribution is 2.44. The van der Waals surface area contributed by atoms with Crippen molar-refractivity contribution >= 4 is 18.3 Å². The first kappa shape index (κ1) is 21.6. The van der Waals surface area contributed by atoms with Crippen LogP contribution < -0.4 is 5.32 Å². The Balaban J connectivity index is 0.00000240. The second-order valence-electron chi connectivity index (χ2n) is 7.60. The second kappa shape index (κ2) is 7.95. The van der Waals surface area contributed by atoms with E-state index in [9.17, 15) is 18.0 Å². The van der Waals surface area contributed by atoms with Crippen LogP contribution in [0, 0.1) is 0 Å². The zero-order chi connectivity index (χ0) is 19.9. The van der Waals surface area contributed by atoms with Crippen LogP contribution in [0.5, 0.6) is 0 Å². The highest BCUT2D eigenvalue weighted by Gasteiger charge is 2.51. The fraction of sp³-hybridized carbons (Fsp3) is 0.429. The van der Waals surface area contributed by atoms with Crippen LogP contribution in [0.15, 0.2) is 42.6 Å². The lowest BCUT2D eigenvalue weighted by Crippen LogP contribution is -2.57. The van der Waals surface area contributed by atoms with Gasteiger partial charge in [-0.1, -0.05) is 12.1 Å². The van der Waals surface area contributed by atoms with Gasteiger partial charge in [-0.05, 0) is 68.1 Å². The number of carbonyl (C=O) groups excluding carboxylic acids is 1. The number of halogens is 4. The quantitative estimate of drug-likeness (QED) is 0.764. The molecule has 1 spiro atoms. The Labute approximate surface area is 173 Å². The van der Waals surface area contributed by atoms with Crippen molar-refractivity contribution in [1.29, 1.82) is 0 Å². The monoisotopic (exact) mass is 425 g/mol. The fourth-order valence-corrected chi connectivity index (χ4v) is 4.49. The number of piperidine rings is 1. The third-order valence-corrected chi connectivity index (χ3v) is 6.12. The van der Waals surface area contributed by atoms with Crippen LogP contribution in [0.4, 0.5) is 13.2 Å². The fourth-order valence-electron chi connectivity index (χ4n) is 4.49. The number of nitrogens with zero attached hydrogens (tertiary/aromatic N) is 2. The zero-order valence-corrected chi connectivity index (χ0v) is 16.8. The molecule has 4 rings (SSSR count). The summed E-state index contributed by atoms with van der Waals surface area (Å²) in [6.07, 6.45) is 0.747. The molecule has 2 fully saturated rings. The molecule has 0 saturated carbocycles. The molecule has 0 aliphatic carbocycles. The van der Waals surface area contributed by atoms with Crippen LogP contribution >= 0.6 is 12.4 Å². The van der Waals surface area contributed by atoms with E-state index in [1.54, 1.807) is 12.3 Å². The first-order valence-electron chi connectivity index (χ1n) is 9.46. The van der Waals surface area contributed by atoms with Gasteiger partial charge < -0.3 is 5.32 Å². The number of aromatic nitrogens is 1. The average molecular weight is 426 g/mol. The average Bonchev–Trinajstić information content (AvgIpc) is 3.01. The third kappa shape index (κ3) is 3.85. The molecule has 2 aliphatic heterocycles. The summed E-state index contributed by atoms with van der Waals surface area (Å²) in [5.74, 6) is 0.0858. The Morgan fingerprint density at radius 2 is 1.86 bits per heavy atom. The van der Waals surface area contributed by atoms with Crippen molar-refractivity contribution in [2.75, 3.05) is 13.6 Å². The molecule has 3 heterocycles. The van der Waals surface area contributed by atoms with Crippen molar-refractivity contribution in [3.63, 3.8) is 0 Å². The van der Waals surface area contributed by atoms with Gasteiger partial charge in [-0.2, -0.15) is 13.2 Å². The smallest absolute Gasteiger partial charge is 0.354 e. The summed E-state index contributed by atoms with van der Waals surface area (Å²) < 4.78 is 38.4. The molecule has 4 nitrogen and oxygen atoms in total. The minimum absolute atomic E-state index is 0. The van der Waals surface area contributed by atoms with Crippen LogP contribution in [0.3, 0.4) is 0 Å². The third-order valence-electron chi connectivity index (χ3n) is 6.12. The molecule has 156 valence electrons. The normalized spacial score (nSPS) is 25.0. The van der Waals surface area contributed by atoms with E-state index in [1.165, 1.54) is 12.1 Å². The number of hydrogen-bond donors (Lipinski definition) is 1. The van der Waals surface area contributed by atoms with E-state index in [4.69, 9.17) is 0 Å². The van der Waals surface area contributed by atoms with Crippen molar-refractivity contribution in [3.05, 3.63) is 53.9 Å². The minimum Gasteiger partial charge on any atom is -0.354 e. The zero-order valence-electron chi connectivity index (χ0n) is 16.0. The Hall–Kier alpha value is -2.12. The topological polar surface area (TPSA) is 45.2 Å². The Kier molecular flexibility index (Phi) is 5.92. The van der Waals surface area contributed by atoms with Gasteiger partial charge in [0.2, 0.25) is 5.91 Å². The molecule has 1 aromatic carbocycles. The minimum atomic E-state index is -4.34. The molecular formula is C21H23ClF3N3O. The Morgan fingerprint density at radius 3 is 2.52 bits per heavy atom. The van der Waals surface area contributed by atoms with Crippen LogP contribution in [-0.2, 0) is 11.0 Å². The highest BCUT2D eigenvalue weighted by molar-refractivity contribution is 5.87. The molecule has 2 aliphatic rings. The van der Waals surface area contributed by atoms with E-state index in [0.29, 0.717) is 5.56 Å². The van der Waals surface area contributed by atoms with Crippen LogP contribution in [0.25, 0.3) is 11.1 Å². The van der Waals surface area contributed by atoms with E-state index in [-0.39, 0.29) is 24.4 Å². The molecule has 1 N–H and O–H groups in total. The van der Waals surface area contributed by atoms with Crippen molar-refractivity contribution in [1.82, 2.24) is 15.2 Å². The number of nitrogens with one attached hydrogen (secondary N) is 1. The van der Waals surface area contributed by atoms with Crippen molar-refractivity contribution in [3.8, 4) is 11.1 Å². The first-order chi connectivity index (χ1) is 13.3. The summed E-state index contributed by atoms with van der Waals surface area (Å²) in [4.78, 5) is 19.2. The number of likely N-dealkylation sites (N-methyl/N-ethyl adjacent to an activating group) is 1. The molecule has 8 heteroatoms. The molecule has 29 heavy (non-hydrogen) atoms. The first-order valence-corrected chi connectivity index (χ1v) is 9.46. The summed E-state index contributed by atoms with van der Waals surface area (Å²) in [7, 11) is 1.97. The summed E-state index contributed by atoms with van der Waals surface area (Å²) >= 11 is 0. The molecule has 2 aromatic rings. The van der Waals surface area contributed by atoms with Gasteiger partial charge in [-0.15, -0.1) is 12.4 Å². The summed E-state index contributed by atoms with van der Waals surface area (Å²) in [5.41, 5.74) is 1.24. The summed E-state index contributed by atoms with van der Waals surface area (Å²) in [5, 5.41) is 2.98. The van der Waals surface area contributed by atoms with Crippen molar-refractivity contribution in [2.45, 2.75) is 43.4 Å². The van der Waals surface area contributed by atoms with E-state index >= 15 is 0 Å². The highest BCUT2D eigenvalue weighted by atomic mass is 35.5. The summed E-state index contributed by atoms with van der Waals surface area (Å²) in [6, 6.07) is 8.88. The predicted molar refractivity (Wildman–Crippen MR) is 107 cm³/mol. The Bertz CT molecular complexity index is 887. The maximum absolute atomic E-state index is 12.8. The molecule has 0 radical (unpaired) electrons. The SMILES string of the molecule is CN1[C@H](c2cc(-c3ccc(C(F)(F)F)cc3)ccn2)CC[C@]12CCCNC2=O.Cl. The van der Waals surface area contributed by atoms with Crippen LogP contribution in [0.1, 0.15) is 43.0 Å². The van der Waals surface area contributed by atoms with Gasteiger partial charge >= 0.3 is 6.18 Å². The lowest BCUT2D eigenvalue weighted by Gasteiger charge is -2.40. The predicted octanol–water partition coefficient (Wildman–Crippen LogP) is 4.60. The lowest BCUT2D eigenvalue weighted by atomic mass is 9.87. The van der Waals surface area contributed by atoms with Gasteiger partial charge in [-0.3, -0.25) is 14.7 Å². The van der Waals surface area contributed by atoms with Gasteiger partial charge in [0.05, 0.1) is 17.3 Å². The van der Waals surface area contributed by atoms with Gasteiger partial charge in [0.1, 0.15) is 5.54 Å². The Morgan fingerprint density at radius 1 is 1.14 bits per heavy atom. The van der Waals surface area contributed by atoms with Crippen molar-refractivity contribution in [2.24, 2.45) is 0 Å². The number of carbonyl (C=O) groups is 1. The number of likely N-dealkylation sites (tertiary alicyclic amines) is 1. The number of amides is 1. The van der Waals surface area contributed by atoms with Crippen molar-refractivity contribution < 1.29 is 18.0 Å². The summed E-state index contributed by atoms with van der Waals surface area (Å²) in [6.45, 7) is 0.723. The maximum Gasteiger partial charge on any atom is 0.416 e. The second-order valence-corrected chi connectivity index (χ2v) is 7.60. The lowest BCUT2D eigenvalue weighted by molar-refractivity contribution is -0.137. The maximum atomic E-state index is 12.8. The molecule has 2 saturated heterocycles. The van der Waals surface area contributed by atoms with E-state index in [0.717, 1.165) is 55.6 Å². The van der Waals surface area contributed by atoms with Gasteiger partial charge in [0.25, 0.3) is 0 Å². The van der Waals surface area contributed by atoms with Crippen LogP contribution in [-0.4, -0.2) is 34.9 Å². The molecule has 0 unspecified atom stereocenters. The standard InChI is InChI=1S/C21H22F3N3O.ClH/c1-27-18(7-10-20(27)9-2-11-26-19(20)28)17-13-15(8-12-25-17)14-3-5-16(6-4-14)21(22,23)24;/h3-6,8,12-13,18H,2,7,9-11H2,1H3,(H,26,28);1H/t18-,20-;/m0./s1. The molecular weight excluding hydrogens is 403 g/mol. The number of hydrogen-bond acceptors (Lipinski definition) is 3. The number of rotatable bonds is 2. The van der Waals surface area contributed by atoms with E-state index < -0.39 is 17.3 Å². The number of alkyl halides is 3. The number of benzene rings is 1. The number of pyridine rings is 1. The molecule has 1 aromatic heterocycles. The molecule has 0 bridgehead atoms. The van der Waals surface area contributed by atoms with Gasteiger partial charge in [0, 0.05) is 12.7 Å². The largest absolute Gasteiger partial charge is 0.416 e. The van der Waals surface area contributed by atoms with E-state index in [2.05, 4.69) is 15.2 Å². The van der Waals surface area contributed by atoms with E-state index in [1.807, 2.05) is 13.1 Å². The van der Waals surface area contributed by atoms with Gasteiger partial charge in [-0.25, -0.2) is 0 Å². The van der Waals surface area contributed by atoms with Crippen LogP contribution in [0.2, 0.25) is 0 Å².